The van der Waals surface area contributed by atoms with E-state index in [9.17, 15) is 12.8 Å². The Morgan fingerprint density at radius 2 is 2.00 bits per heavy atom. The van der Waals surface area contributed by atoms with Crippen LogP contribution in [0, 0.1) is 19.7 Å². The summed E-state index contributed by atoms with van der Waals surface area (Å²) in [6.07, 6.45) is 0. The minimum atomic E-state index is -3.80. The molecule has 2 aromatic rings. The molecular formula is C13H14BrFN2O2S2. The molecule has 21 heavy (non-hydrogen) atoms. The fraction of sp³-hybridized carbons (Fsp3) is 0.231. The predicted molar refractivity (Wildman–Crippen MR) is 86.6 cm³/mol. The predicted octanol–water partition coefficient (Wildman–Crippen LogP) is 3.53. The normalized spacial score (nSPS) is 11.7. The molecule has 4 nitrogen and oxygen atoms in total. The van der Waals surface area contributed by atoms with Gasteiger partial charge in [0.05, 0.1) is 10.2 Å². The van der Waals surface area contributed by atoms with E-state index in [0.717, 1.165) is 6.07 Å². The fourth-order valence-electron chi connectivity index (χ4n) is 1.94. The van der Waals surface area contributed by atoms with Crippen molar-refractivity contribution in [2.75, 3.05) is 4.72 Å². The zero-order valence-corrected chi connectivity index (χ0v) is 14.6. The van der Waals surface area contributed by atoms with Gasteiger partial charge in [-0.3, -0.25) is 4.72 Å². The van der Waals surface area contributed by atoms with E-state index in [-0.39, 0.29) is 21.6 Å². The van der Waals surface area contributed by atoms with Crippen LogP contribution in [-0.2, 0) is 16.6 Å². The maximum atomic E-state index is 13.6. The summed E-state index contributed by atoms with van der Waals surface area (Å²) in [7, 11) is -3.80. The number of aryl methyl sites for hydroxylation is 2. The second-order valence-electron chi connectivity index (χ2n) is 4.56. The Balaban J connectivity index is 2.47. The minimum absolute atomic E-state index is 0.141. The molecule has 0 unspecified atom stereocenters. The molecule has 0 fully saturated rings. The smallest absolute Gasteiger partial charge is 0.263 e. The Labute approximate surface area is 135 Å². The molecule has 1 aromatic heterocycles. The third kappa shape index (κ3) is 3.28. The van der Waals surface area contributed by atoms with E-state index in [4.69, 9.17) is 5.73 Å². The van der Waals surface area contributed by atoms with Gasteiger partial charge in [-0.25, -0.2) is 12.8 Å². The first-order valence-electron chi connectivity index (χ1n) is 6.01. The van der Waals surface area contributed by atoms with Crippen LogP contribution >= 0.6 is 27.3 Å². The van der Waals surface area contributed by atoms with Crippen LogP contribution in [0.1, 0.15) is 16.0 Å². The highest BCUT2D eigenvalue weighted by Crippen LogP contribution is 2.30. The van der Waals surface area contributed by atoms with Gasteiger partial charge in [-0.2, -0.15) is 0 Å². The van der Waals surface area contributed by atoms with Gasteiger partial charge in [-0.1, -0.05) is 0 Å². The molecule has 3 N–H and O–H groups in total. The second kappa shape index (κ2) is 6.04. The van der Waals surface area contributed by atoms with Crippen LogP contribution in [0.15, 0.2) is 26.9 Å². The highest BCUT2D eigenvalue weighted by molar-refractivity contribution is 9.10. The lowest BCUT2D eigenvalue weighted by Crippen LogP contribution is -2.16. The largest absolute Gasteiger partial charge is 0.326 e. The summed E-state index contributed by atoms with van der Waals surface area (Å²) in [5.41, 5.74) is 7.04. The number of thiophene rings is 1. The van der Waals surface area contributed by atoms with Gasteiger partial charge in [0.1, 0.15) is 10.7 Å². The van der Waals surface area contributed by atoms with Crippen molar-refractivity contribution in [2.24, 2.45) is 5.73 Å². The molecule has 1 heterocycles. The minimum Gasteiger partial charge on any atom is -0.326 e. The van der Waals surface area contributed by atoms with Crippen molar-refractivity contribution in [3.05, 3.63) is 43.8 Å². The topological polar surface area (TPSA) is 72.2 Å². The lowest BCUT2D eigenvalue weighted by atomic mass is 10.2. The molecule has 0 bridgehead atoms. The van der Waals surface area contributed by atoms with Crippen LogP contribution in [0.5, 0.6) is 0 Å². The highest BCUT2D eigenvalue weighted by Gasteiger charge is 2.23. The lowest BCUT2D eigenvalue weighted by molar-refractivity contribution is 0.599. The van der Waals surface area contributed by atoms with Crippen LogP contribution in [0.25, 0.3) is 0 Å². The maximum absolute atomic E-state index is 13.6. The number of benzene rings is 1. The molecule has 114 valence electrons. The first-order chi connectivity index (χ1) is 9.76. The molecule has 0 spiro atoms. The van der Waals surface area contributed by atoms with Gasteiger partial charge in [0.15, 0.2) is 0 Å². The van der Waals surface area contributed by atoms with Crippen LogP contribution < -0.4 is 10.5 Å². The van der Waals surface area contributed by atoms with E-state index in [1.165, 1.54) is 17.4 Å². The standard InChI is InChI=1S/C13H14BrFN2O2S2/c1-7-3-9(14)10(15)4-11(7)17-21(18,19)13-8(2)6-20-12(13)5-16/h3-4,6,17H,5,16H2,1-2H3. The summed E-state index contributed by atoms with van der Waals surface area (Å²) in [5.74, 6) is -0.528. The summed E-state index contributed by atoms with van der Waals surface area (Å²) < 4.78 is 41.4. The highest BCUT2D eigenvalue weighted by atomic mass is 79.9. The first kappa shape index (κ1) is 16.4. The third-order valence-corrected chi connectivity index (χ3v) is 6.41. The Hall–Kier alpha value is -0.960. The molecule has 8 heteroatoms. The van der Waals surface area contributed by atoms with E-state index in [1.54, 1.807) is 19.2 Å². The number of anilines is 1. The van der Waals surface area contributed by atoms with E-state index in [2.05, 4.69) is 20.7 Å². The van der Waals surface area contributed by atoms with Crippen molar-refractivity contribution < 1.29 is 12.8 Å². The third-order valence-electron chi connectivity index (χ3n) is 2.96. The molecule has 0 saturated heterocycles. The molecule has 0 radical (unpaired) electrons. The van der Waals surface area contributed by atoms with Crippen molar-refractivity contribution in [1.82, 2.24) is 0 Å². The molecule has 0 aliphatic rings. The number of hydrogen-bond donors (Lipinski definition) is 2. The fourth-order valence-corrected chi connectivity index (χ4v) is 5.23. The van der Waals surface area contributed by atoms with Crippen LogP contribution in [0.2, 0.25) is 0 Å². The van der Waals surface area contributed by atoms with Crippen molar-refractivity contribution >= 4 is 43.0 Å². The molecule has 0 aliphatic heterocycles. The molecule has 2 rings (SSSR count). The van der Waals surface area contributed by atoms with Crippen molar-refractivity contribution in [3.8, 4) is 0 Å². The molecule has 0 atom stereocenters. The van der Waals surface area contributed by atoms with Crippen molar-refractivity contribution in [3.63, 3.8) is 0 Å². The van der Waals surface area contributed by atoms with Crippen molar-refractivity contribution in [1.29, 1.82) is 0 Å². The summed E-state index contributed by atoms with van der Waals surface area (Å²) >= 11 is 4.36. The van der Waals surface area contributed by atoms with E-state index in [1.807, 2.05) is 0 Å². The SMILES string of the molecule is Cc1cc(Br)c(F)cc1NS(=O)(=O)c1c(C)csc1CN. The average molecular weight is 393 g/mol. The lowest BCUT2D eigenvalue weighted by Gasteiger charge is -2.12. The van der Waals surface area contributed by atoms with Gasteiger partial charge >= 0.3 is 0 Å². The Bertz CT molecular complexity index is 788. The second-order valence-corrected chi connectivity index (χ2v) is 8.00. The molecule has 1 aromatic carbocycles. The maximum Gasteiger partial charge on any atom is 0.263 e. The summed E-state index contributed by atoms with van der Waals surface area (Å²) in [6.45, 7) is 3.55. The average Bonchev–Trinajstić information content (AvgIpc) is 2.77. The zero-order chi connectivity index (χ0) is 15.8. The number of rotatable bonds is 4. The van der Waals surface area contributed by atoms with Gasteiger partial charge in [-0.05, 0) is 58.4 Å². The number of hydrogen-bond acceptors (Lipinski definition) is 4. The van der Waals surface area contributed by atoms with Crippen LogP contribution in [0.3, 0.4) is 0 Å². The van der Waals surface area contributed by atoms with Gasteiger partial charge in [0.2, 0.25) is 0 Å². The van der Waals surface area contributed by atoms with Gasteiger partial charge < -0.3 is 5.73 Å². The molecular weight excluding hydrogens is 379 g/mol. The number of halogens is 2. The van der Waals surface area contributed by atoms with Crippen molar-refractivity contribution in [2.45, 2.75) is 25.3 Å². The molecule has 0 saturated carbocycles. The Kier molecular flexibility index (Phi) is 4.72. The van der Waals surface area contributed by atoms with E-state index in [0.29, 0.717) is 16.0 Å². The van der Waals surface area contributed by atoms with E-state index < -0.39 is 15.8 Å². The quantitative estimate of drug-likeness (QED) is 0.835. The molecule has 0 aliphatic carbocycles. The number of nitrogens with two attached hydrogens (primary N) is 1. The summed E-state index contributed by atoms with van der Waals surface area (Å²) in [6, 6.07) is 2.68. The van der Waals surface area contributed by atoms with Gasteiger partial charge in [-0.15, -0.1) is 11.3 Å². The zero-order valence-electron chi connectivity index (χ0n) is 11.4. The van der Waals surface area contributed by atoms with Gasteiger partial charge in [0, 0.05) is 11.4 Å². The van der Waals surface area contributed by atoms with Gasteiger partial charge in [0.25, 0.3) is 10.0 Å². The number of sulfonamides is 1. The Morgan fingerprint density at radius 3 is 2.62 bits per heavy atom. The van der Waals surface area contributed by atoms with E-state index >= 15 is 0 Å². The Morgan fingerprint density at radius 1 is 1.33 bits per heavy atom. The summed E-state index contributed by atoms with van der Waals surface area (Å²) in [4.78, 5) is 0.757. The first-order valence-corrected chi connectivity index (χ1v) is 9.17. The monoisotopic (exact) mass is 392 g/mol. The summed E-state index contributed by atoms with van der Waals surface area (Å²) in [5, 5.41) is 1.74. The van der Waals surface area contributed by atoms with Crippen LogP contribution in [-0.4, -0.2) is 8.42 Å². The van der Waals surface area contributed by atoms with Crippen LogP contribution in [0.4, 0.5) is 10.1 Å². The number of nitrogens with one attached hydrogen (secondary N) is 1. The molecule has 0 amide bonds.